The van der Waals surface area contributed by atoms with Crippen molar-refractivity contribution in [2.75, 3.05) is 13.6 Å². The van der Waals surface area contributed by atoms with Gasteiger partial charge < -0.3 is 10.4 Å². The molecule has 0 aliphatic carbocycles. The third kappa shape index (κ3) is 6.14. The summed E-state index contributed by atoms with van der Waals surface area (Å²) >= 11 is 0. The zero-order valence-electron chi connectivity index (χ0n) is 14.4. The number of aliphatic hydroxyl groups excluding tert-OH is 1. The Morgan fingerprint density at radius 2 is 1.67 bits per heavy atom. The number of carbonyl (C=O) groups is 1. The Morgan fingerprint density at radius 3 is 2.29 bits per heavy atom. The SMILES string of the molecule is CC(CC(O)c1ccccc1)NC(=O)CN(C)Cc1ccccc1. The van der Waals surface area contributed by atoms with Gasteiger partial charge in [-0.3, -0.25) is 9.69 Å². The Morgan fingerprint density at radius 1 is 1.08 bits per heavy atom. The molecule has 0 spiro atoms. The largest absolute Gasteiger partial charge is 0.388 e. The molecule has 1 amide bonds. The Kier molecular flexibility index (Phi) is 6.97. The van der Waals surface area contributed by atoms with Gasteiger partial charge in [-0.15, -0.1) is 0 Å². The number of likely N-dealkylation sites (N-methyl/N-ethyl adjacent to an activating group) is 1. The van der Waals surface area contributed by atoms with Crippen LogP contribution in [0.25, 0.3) is 0 Å². The molecule has 4 heteroatoms. The number of aliphatic hydroxyl groups is 1. The van der Waals surface area contributed by atoms with Gasteiger partial charge in [0.15, 0.2) is 0 Å². The van der Waals surface area contributed by atoms with Gasteiger partial charge in [0.2, 0.25) is 5.91 Å². The molecule has 2 rings (SSSR count). The van der Waals surface area contributed by atoms with E-state index in [0.29, 0.717) is 13.0 Å². The van der Waals surface area contributed by atoms with E-state index >= 15 is 0 Å². The zero-order chi connectivity index (χ0) is 17.4. The van der Waals surface area contributed by atoms with Gasteiger partial charge in [-0.1, -0.05) is 60.7 Å². The lowest BCUT2D eigenvalue weighted by molar-refractivity contribution is -0.122. The summed E-state index contributed by atoms with van der Waals surface area (Å²) < 4.78 is 0. The first-order valence-corrected chi connectivity index (χ1v) is 8.29. The van der Waals surface area contributed by atoms with E-state index in [1.165, 1.54) is 5.56 Å². The van der Waals surface area contributed by atoms with Crippen molar-refractivity contribution in [1.82, 2.24) is 10.2 Å². The van der Waals surface area contributed by atoms with E-state index < -0.39 is 6.10 Å². The predicted molar refractivity (Wildman–Crippen MR) is 96.4 cm³/mol. The summed E-state index contributed by atoms with van der Waals surface area (Å²) in [4.78, 5) is 14.1. The molecule has 2 aromatic rings. The van der Waals surface area contributed by atoms with Gasteiger partial charge in [0.25, 0.3) is 0 Å². The molecule has 0 aliphatic heterocycles. The van der Waals surface area contributed by atoms with Crippen LogP contribution in [-0.2, 0) is 11.3 Å². The van der Waals surface area contributed by atoms with Crippen molar-refractivity contribution in [3.05, 3.63) is 71.8 Å². The van der Waals surface area contributed by atoms with Crippen molar-refractivity contribution >= 4 is 5.91 Å². The summed E-state index contributed by atoms with van der Waals surface area (Å²) in [5.41, 5.74) is 2.06. The van der Waals surface area contributed by atoms with Crippen LogP contribution in [0.4, 0.5) is 0 Å². The molecule has 2 aromatic carbocycles. The van der Waals surface area contributed by atoms with E-state index in [9.17, 15) is 9.90 Å². The molecule has 0 radical (unpaired) electrons. The number of benzene rings is 2. The van der Waals surface area contributed by atoms with E-state index in [2.05, 4.69) is 5.32 Å². The van der Waals surface area contributed by atoms with Crippen molar-refractivity contribution in [2.24, 2.45) is 0 Å². The fourth-order valence-corrected chi connectivity index (χ4v) is 2.72. The van der Waals surface area contributed by atoms with E-state index in [1.54, 1.807) is 0 Å². The third-order valence-corrected chi connectivity index (χ3v) is 3.88. The first-order chi connectivity index (χ1) is 11.5. The van der Waals surface area contributed by atoms with Gasteiger partial charge >= 0.3 is 0 Å². The second-order valence-electron chi connectivity index (χ2n) is 6.29. The number of nitrogens with zero attached hydrogens (tertiary/aromatic N) is 1. The minimum atomic E-state index is -0.566. The summed E-state index contributed by atoms with van der Waals surface area (Å²) in [5.74, 6) is -0.0267. The third-order valence-electron chi connectivity index (χ3n) is 3.88. The van der Waals surface area contributed by atoms with Crippen molar-refractivity contribution < 1.29 is 9.90 Å². The molecule has 2 N–H and O–H groups in total. The number of nitrogens with one attached hydrogen (secondary N) is 1. The fraction of sp³-hybridized carbons (Fsp3) is 0.350. The minimum absolute atomic E-state index is 0.0267. The molecule has 0 bridgehead atoms. The molecule has 0 heterocycles. The van der Waals surface area contributed by atoms with Crippen LogP contribution in [0.2, 0.25) is 0 Å². The molecule has 24 heavy (non-hydrogen) atoms. The minimum Gasteiger partial charge on any atom is -0.388 e. The number of carbonyl (C=O) groups excluding carboxylic acids is 1. The molecular formula is C20H26N2O2. The van der Waals surface area contributed by atoms with Crippen LogP contribution in [0.3, 0.4) is 0 Å². The molecule has 0 aliphatic rings. The Hall–Kier alpha value is -2.17. The van der Waals surface area contributed by atoms with Gasteiger partial charge in [-0.2, -0.15) is 0 Å². The number of amides is 1. The maximum absolute atomic E-state index is 12.1. The lowest BCUT2D eigenvalue weighted by Gasteiger charge is -2.21. The molecule has 0 saturated carbocycles. The predicted octanol–water partition coefficient (Wildman–Crippen LogP) is 2.75. The summed E-state index contributed by atoms with van der Waals surface area (Å²) in [7, 11) is 1.93. The standard InChI is InChI=1S/C20H26N2O2/c1-16(13-19(23)18-11-7-4-8-12-18)21-20(24)15-22(2)14-17-9-5-3-6-10-17/h3-12,16,19,23H,13-15H2,1-2H3,(H,21,24). The maximum atomic E-state index is 12.1. The van der Waals surface area contributed by atoms with Gasteiger partial charge in [-0.05, 0) is 31.5 Å². The number of hydrogen-bond donors (Lipinski definition) is 2. The second-order valence-corrected chi connectivity index (χ2v) is 6.29. The molecule has 0 saturated heterocycles. The summed E-state index contributed by atoms with van der Waals surface area (Å²) in [6, 6.07) is 19.5. The van der Waals surface area contributed by atoms with Gasteiger partial charge in [0, 0.05) is 12.6 Å². The van der Waals surface area contributed by atoms with Crippen LogP contribution in [0, 0.1) is 0 Å². The van der Waals surface area contributed by atoms with Crippen molar-refractivity contribution in [3.8, 4) is 0 Å². The quantitative estimate of drug-likeness (QED) is 0.784. The maximum Gasteiger partial charge on any atom is 0.234 e. The molecule has 0 aromatic heterocycles. The van der Waals surface area contributed by atoms with Crippen LogP contribution < -0.4 is 5.32 Å². The smallest absolute Gasteiger partial charge is 0.234 e. The van der Waals surface area contributed by atoms with E-state index in [0.717, 1.165) is 12.1 Å². The van der Waals surface area contributed by atoms with E-state index in [1.807, 2.05) is 79.5 Å². The monoisotopic (exact) mass is 326 g/mol. The highest BCUT2D eigenvalue weighted by Crippen LogP contribution is 2.17. The lowest BCUT2D eigenvalue weighted by atomic mass is 10.0. The molecular weight excluding hydrogens is 300 g/mol. The molecule has 128 valence electrons. The highest BCUT2D eigenvalue weighted by Gasteiger charge is 2.15. The summed E-state index contributed by atoms with van der Waals surface area (Å²) in [6.07, 6.45) is -0.0680. The average Bonchev–Trinajstić information content (AvgIpc) is 2.56. The lowest BCUT2D eigenvalue weighted by Crippen LogP contribution is -2.40. The number of rotatable bonds is 8. The fourth-order valence-electron chi connectivity index (χ4n) is 2.72. The molecule has 4 nitrogen and oxygen atoms in total. The Bertz CT molecular complexity index is 616. The van der Waals surface area contributed by atoms with Crippen molar-refractivity contribution in [3.63, 3.8) is 0 Å². The first kappa shape index (κ1) is 18.2. The first-order valence-electron chi connectivity index (χ1n) is 8.29. The van der Waals surface area contributed by atoms with Crippen LogP contribution in [0.5, 0.6) is 0 Å². The van der Waals surface area contributed by atoms with Crippen LogP contribution in [0.1, 0.15) is 30.6 Å². The Balaban J connectivity index is 1.75. The zero-order valence-corrected chi connectivity index (χ0v) is 14.4. The highest BCUT2D eigenvalue weighted by molar-refractivity contribution is 5.78. The topological polar surface area (TPSA) is 52.6 Å². The second kappa shape index (κ2) is 9.21. The van der Waals surface area contributed by atoms with Gasteiger partial charge in [0.1, 0.15) is 0 Å². The van der Waals surface area contributed by atoms with E-state index in [-0.39, 0.29) is 11.9 Å². The Labute approximate surface area is 144 Å². The van der Waals surface area contributed by atoms with Crippen LogP contribution >= 0.6 is 0 Å². The molecule has 2 atom stereocenters. The average molecular weight is 326 g/mol. The highest BCUT2D eigenvalue weighted by atomic mass is 16.3. The van der Waals surface area contributed by atoms with Crippen molar-refractivity contribution in [2.45, 2.75) is 32.0 Å². The van der Waals surface area contributed by atoms with E-state index in [4.69, 9.17) is 0 Å². The van der Waals surface area contributed by atoms with Crippen LogP contribution in [-0.4, -0.2) is 35.5 Å². The van der Waals surface area contributed by atoms with Gasteiger partial charge in [0.05, 0.1) is 12.6 Å². The van der Waals surface area contributed by atoms with Crippen LogP contribution in [0.15, 0.2) is 60.7 Å². The molecule has 0 fully saturated rings. The summed E-state index contributed by atoms with van der Waals surface area (Å²) in [5, 5.41) is 13.2. The van der Waals surface area contributed by atoms with Crippen molar-refractivity contribution in [1.29, 1.82) is 0 Å². The normalized spacial score (nSPS) is 13.5. The van der Waals surface area contributed by atoms with Gasteiger partial charge in [-0.25, -0.2) is 0 Å². The summed E-state index contributed by atoms with van der Waals surface area (Å²) in [6.45, 7) is 2.98. The molecule has 2 unspecified atom stereocenters. The number of hydrogen-bond acceptors (Lipinski definition) is 3.